The van der Waals surface area contributed by atoms with Gasteiger partial charge in [-0.1, -0.05) is 10.3 Å². The summed E-state index contributed by atoms with van der Waals surface area (Å²) in [5.74, 6) is 0. The summed E-state index contributed by atoms with van der Waals surface area (Å²) < 4.78 is 10.3. The maximum atomic E-state index is 5.63. The second kappa shape index (κ2) is 5.38. The predicted octanol–water partition coefficient (Wildman–Crippen LogP) is -0.202. The highest BCUT2D eigenvalue weighted by Crippen LogP contribution is 2.03. The van der Waals surface area contributed by atoms with E-state index in [4.69, 9.17) is 4.74 Å². The lowest BCUT2D eigenvalue weighted by Gasteiger charge is -2.30. The molecule has 1 aliphatic heterocycles. The Morgan fingerprint density at radius 2 is 2.38 bits per heavy atom. The predicted molar refractivity (Wildman–Crippen MR) is 58.0 cm³/mol. The molecule has 6 nitrogen and oxygen atoms in total. The zero-order valence-corrected chi connectivity index (χ0v) is 9.77. The summed E-state index contributed by atoms with van der Waals surface area (Å²) in [6, 6.07) is 0. The smallest absolute Gasteiger partial charge is 0.121 e. The lowest BCUT2D eigenvalue weighted by atomic mass is 10.2. The van der Waals surface area contributed by atoms with E-state index in [9.17, 15) is 0 Å². The number of nitrogens with zero attached hydrogens (tertiary/aromatic N) is 3. The minimum absolute atomic E-state index is 0.263. The van der Waals surface area contributed by atoms with Crippen LogP contribution in [0.1, 0.15) is 11.4 Å². The molecule has 0 bridgehead atoms. The van der Waals surface area contributed by atoms with Gasteiger partial charge >= 0.3 is 0 Å². The first-order valence-electron chi connectivity index (χ1n) is 5.54. The minimum Gasteiger partial charge on any atom is -0.374 e. The number of nitrogens with one attached hydrogen (secondary N) is 1. The van der Waals surface area contributed by atoms with E-state index in [1.807, 2.05) is 6.92 Å². The molecule has 2 heterocycles. The maximum Gasteiger partial charge on any atom is 0.121 e. The number of hydrogen-bond acceptors (Lipinski definition) is 6. The van der Waals surface area contributed by atoms with Gasteiger partial charge in [0.25, 0.3) is 0 Å². The zero-order valence-electron chi connectivity index (χ0n) is 9.77. The van der Waals surface area contributed by atoms with Gasteiger partial charge in [-0.3, -0.25) is 0 Å². The van der Waals surface area contributed by atoms with Crippen LogP contribution < -0.4 is 5.32 Å². The topological polar surface area (TPSA) is 63.4 Å². The highest BCUT2D eigenvalue weighted by atomic mass is 16.6. The van der Waals surface area contributed by atoms with Crippen molar-refractivity contribution in [2.24, 2.45) is 0 Å². The lowest BCUT2D eigenvalue weighted by molar-refractivity contribution is -0.0182. The van der Waals surface area contributed by atoms with Gasteiger partial charge in [0.2, 0.25) is 0 Å². The van der Waals surface area contributed by atoms with Crippen LogP contribution in [0, 0.1) is 6.92 Å². The Hall–Kier alpha value is -0.980. The summed E-state index contributed by atoms with van der Waals surface area (Å²) >= 11 is 0. The number of rotatable bonds is 4. The van der Waals surface area contributed by atoms with Crippen LogP contribution in [0.3, 0.4) is 0 Å². The third kappa shape index (κ3) is 3.01. The first-order chi connectivity index (χ1) is 7.75. The van der Waals surface area contributed by atoms with E-state index in [2.05, 4.69) is 32.2 Å². The number of hydrogen-bond donors (Lipinski definition) is 1. The van der Waals surface area contributed by atoms with Crippen molar-refractivity contribution in [3.63, 3.8) is 0 Å². The number of likely N-dealkylation sites (N-methyl/N-ethyl adjacent to an activating group) is 1. The second-order valence-electron chi connectivity index (χ2n) is 4.18. The van der Waals surface area contributed by atoms with Gasteiger partial charge in [-0.25, -0.2) is 4.63 Å². The average Bonchev–Trinajstić information content (AvgIpc) is 2.65. The van der Waals surface area contributed by atoms with Crippen molar-refractivity contribution in [1.29, 1.82) is 0 Å². The first-order valence-corrected chi connectivity index (χ1v) is 5.54. The molecule has 1 aromatic rings. The summed E-state index contributed by atoms with van der Waals surface area (Å²) in [6.07, 6.45) is 0.263. The molecule has 6 heteroatoms. The molecule has 1 saturated heterocycles. The Bertz CT molecular complexity index is 328. The van der Waals surface area contributed by atoms with E-state index in [1.54, 1.807) is 0 Å². The van der Waals surface area contributed by atoms with Crippen molar-refractivity contribution in [3.8, 4) is 0 Å². The van der Waals surface area contributed by atoms with Crippen LogP contribution in [0.4, 0.5) is 0 Å². The lowest BCUT2D eigenvalue weighted by Crippen LogP contribution is -2.44. The fourth-order valence-electron chi connectivity index (χ4n) is 1.75. The van der Waals surface area contributed by atoms with Gasteiger partial charge in [-0.2, -0.15) is 0 Å². The first kappa shape index (κ1) is 11.5. The van der Waals surface area contributed by atoms with Crippen LogP contribution in [-0.2, 0) is 11.3 Å². The van der Waals surface area contributed by atoms with Crippen LogP contribution in [0.2, 0.25) is 0 Å². The maximum absolute atomic E-state index is 5.63. The zero-order chi connectivity index (χ0) is 11.4. The third-order valence-corrected chi connectivity index (χ3v) is 2.75. The Balaban J connectivity index is 1.70. The van der Waals surface area contributed by atoms with Gasteiger partial charge < -0.3 is 15.0 Å². The SMILES string of the molecule is Cc1nonc1CNCC1CN(C)CCO1. The molecule has 1 N–H and O–H groups in total. The summed E-state index contributed by atoms with van der Waals surface area (Å²) in [5, 5.41) is 10.8. The van der Waals surface area contributed by atoms with E-state index in [0.717, 1.165) is 37.6 Å². The van der Waals surface area contributed by atoms with Crippen LogP contribution in [-0.4, -0.2) is 54.6 Å². The average molecular weight is 226 g/mol. The fraction of sp³-hybridized carbons (Fsp3) is 0.800. The van der Waals surface area contributed by atoms with Crippen LogP contribution >= 0.6 is 0 Å². The number of morpholine rings is 1. The number of aryl methyl sites for hydroxylation is 1. The largest absolute Gasteiger partial charge is 0.374 e. The van der Waals surface area contributed by atoms with Crippen molar-refractivity contribution in [3.05, 3.63) is 11.4 Å². The van der Waals surface area contributed by atoms with Gasteiger partial charge in [-0.15, -0.1) is 0 Å². The molecule has 0 saturated carbocycles. The van der Waals surface area contributed by atoms with Gasteiger partial charge in [0.15, 0.2) is 0 Å². The Morgan fingerprint density at radius 1 is 1.50 bits per heavy atom. The molecule has 1 aliphatic rings. The summed E-state index contributed by atoms with van der Waals surface area (Å²) in [6.45, 7) is 6.20. The molecule has 0 radical (unpaired) electrons. The molecule has 0 amide bonds. The van der Waals surface area contributed by atoms with Gasteiger partial charge in [0, 0.05) is 26.2 Å². The molecule has 16 heavy (non-hydrogen) atoms. The monoisotopic (exact) mass is 226 g/mol. The molecule has 1 fully saturated rings. The molecule has 0 aliphatic carbocycles. The summed E-state index contributed by atoms with van der Waals surface area (Å²) in [5.41, 5.74) is 1.71. The fourth-order valence-corrected chi connectivity index (χ4v) is 1.75. The summed E-state index contributed by atoms with van der Waals surface area (Å²) in [4.78, 5) is 2.28. The van der Waals surface area contributed by atoms with E-state index in [-0.39, 0.29) is 6.10 Å². The molecule has 0 aromatic carbocycles. The van der Waals surface area contributed by atoms with E-state index in [0.29, 0.717) is 6.54 Å². The van der Waals surface area contributed by atoms with Crippen molar-refractivity contribution in [2.45, 2.75) is 19.6 Å². The van der Waals surface area contributed by atoms with Crippen LogP contribution in [0.25, 0.3) is 0 Å². The van der Waals surface area contributed by atoms with Crippen molar-refractivity contribution in [1.82, 2.24) is 20.5 Å². The molecule has 1 unspecified atom stereocenters. The standard InChI is InChI=1S/C10H18N4O2/c1-8-10(13-16-12-8)6-11-5-9-7-14(2)3-4-15-9/h9,11H,3-7H2,1-2H3. The summed E-state index contributed by atoms with van der Waals surface area (Å²) in [7, 11) is 2.11. The van der Waals surface area contributed by atoms with Gasteiger partial charge in [0.1, 0.15) is 11.4 Å². The highest BCUT2D eigenvalue weighted by Gasteiger charge is 2.17. The minimum atomic E-state index is 0.263. The Kier molecular flexibility index (Phi) is 3.87. The van der Waals surface area contributed by atoms with Crippen LogP contribution in [0.15, 0.2) is 4.63 Å². The van der Waals surface area contributed by atoms with E-state index >= 15 is 0 Å². The normalized spacial score (nSPS) is 22.5. The quantitative estimate of drug-likeness (QED) is 0.767. The molecular weight excluding hydrogens is 208 g/mol. The second-order valence-corrected chi connectivity index (χ2v) is 4.18. The highest BCUT2D eigenvalue weighted by molar-refractivity contribution is 5.03. The molecule has 1 aromatic heterocycles. The van der Waals surface area contributed by atoms with Gasteiger partial charge in [-0.05, 0) is 14.0 Å². The van der Waals surface area contributed by atoms with Crippen molar-refractivity contribution >= 4 is 0 Å². The van der Waals surface area contributed by atoms with E-state index < -0.39 is 0 Å². The van der Waals surface area contributed by atoms with Crippen molar-refractivity contribution < 1.29 is 9.37 Å². The molecule has 2 rings (SSSR count). The molecule has 0 spiro atoms. The van der Waals surface area contributed by atoms with Crippen LogP contribution in [0.5, 0.6) is 0 Å². The molecular formula is C10H18N4O2. The Labute approximate surface area is 94.9 Å². The third-order valence-electron chi connectivity index (χ3n) is 2.75. The Morgan fingerprint density at radius 3 is 3.06 bits per heavy atom. The van der Waals surface area contributed by atoms with Gasteiger partial charge in [0.05, 0.1) is 12.7 Å². The molecule has 90 valence electrons. The van der Waals surface area contributed by atoms with Crippen molar-refractivity contribution in [2.75, 3.05) is 33.3 Å². The molecule has 1 atom stereocenters. The van der Waals surface area contributed by atoms with E-state index in [1.165, 1.54) is 0 Å². The number of ether oxygens (including phenoxy) is 1. The number of aromatic nitrogens is 2.